The molecule has 0 aliphatic carbocycles. The molecule has 1 aliphatic heterocycles. The summed E-state index contributed by atoms with van der Waals surface area (Å²) in [6, 6.07) is 38.4. The molecule has 0 radical (unpaired) electrons. The summed E-state index contributed by atoms with van der Waals surface area (Å²) >= 11 is 0. The Balaban J connectivity index is 1.35. The maximum Gasteiger partial charge on any atom is 0.259 e. The Hall–Kier alpha value is -6.19. The monoisotopic (exact) mass is 1020 g/mol. The highest BCUT2D eigenvalue weighted by molar-refractivity contribution is 7.44. The first-order valence-corrected chi connectivity index (χ1v) is 25.8. The Labute approximate surface area is 431 Å². The van der Waals surface area contributed by atoms with E-state index in [1.807, 2.05) is 97.1 Å². The third-order valence-electron chi connectivity index (χ3n) is 12.3. The number of aliphatic imine (C=N–C) groups is 1. The zero-order valence-electron chi connectivity index (χ0n) is 43.2. The van der Waals surface area contributed by atoms with E-state index in [1.54, 1.807) is 34.8 Å². The van der Waals surface area contributed by atoms with E-state index in [9.17, 15) is 5.26 Å². The number of nitrogens with zero attached hydrogens (tertiary/aromatic N) is 6. The van der Waals surface area contributed by atoms with Crippen molar-refractivity contribution in [1.82, 2.24) is 29.8 Å². The standard InChI is InChI=1S/C55H70N9O8P/c1-39(2)64(40(3)4)73(70-31-15-28-56)72-48-34-50(71-49(48)37-69-55(42-16-11-9-12-17-42,43-20-24-46(67-7)25-21-43)44-22-26-47(68-8)27-23-44)63-36-41(35-59-54(57-29-32-65-5)58-30-33-66-6)51-52(60-38-61-53(51)63)62-45-18-13-10-14-19-45/h9-14,16-27,36,38-40,48-50H,15,29-35,37H2,1-8H3,(H2,57,58,59)(H,60,61,62). The highest BCUT2D eigenvalue weighted by atomic mass is 31.2. The molecule has 3 N–H and O–H groups in total. The van der Waals surface area contributed by atoms with Gasteiger partial charge in [-0.25, -0.2) is 19.6 Å². The van der Waals surface area contributed by atoms with Gasteiger partial charge >= 0.3 is 0 Å². The molecular weight excluding hydrogens is 946 g/mol. The molecule has 7 rings (SSSR count). The Morgan fingerprint density at radius 3 is 1.96 bits per heavy atom. The van der Waals surface area contributed by atoms with Crippen molar-refractivity contribution in [2.45, 2.75) is 83.2 Å². The summed E-state index contributed by atoms with van der Waals surface area (Å²) < 4.78 is 54.8. The molecule has 1 aliphatic rings. The summed E-state index contributed by atoms with van der Waals surface area (Å²) in [5, 5.41) is 20.7. The van der Waals surface area contributed by atoms with E-state index < -0.39 is 32.6 Å². The lowest BCUT2D eigenvalue weighted by molar-refractivity contribution is -0.0911. The average Bonchev–Trinajstić information content (AvgIpc) is 4.00. The van der Waals surface area contributed by atoms with Gasteiger partial charge in [0.15, 0.2) is 5.96 Å². The Bertz CT molecular complexity index is 2600. The molecule has 6 aromatic rings. The number of fused-ring (bicyclic) bond motifs is 1. The minimum Gasteiger partial charge on any atom is -0.497 e. The molecule has 18 heteroatoms. The van der Waals surface area contributed by atoms with Crippen LogP contribution in [0, 0.1) is 11.3 Å². The smallest absolute Gasteiger partial charge is 0.259 e. The number of anilines is 2. The van der Waals surface area contributed by atoms with Gasteiger partial charge in [-0.3, -0.25) is 0 Å². The number of ether oxygens (including phenoxy) is 6. The van der Waals surface area contributed by atoms with Gasteiger partial charge in [0.25, 0.3) is 8.53 Å². The van der Waals surface area contributed by atoms with Crippen LogP contribution in [-0.2, 0) is 40.1 Å². The fourth-order valence-electron chi connectivity index (χ4n) is 8.96. The number of hydrogen-bond acceptors (Lipinski definition) is 14. The van der Waals surface area contributed by atoms with Crippen molar-refractivity contribution in [2.75, 3.05) is 73.3 Å². The molecule has 17 nitrogen and oxygen atoms in total. The van der Waals surface area contributed by atoms with Crippen LogP contribution in [0.3, 0.4) is 0 Å². The van der Waals surface area contributed by atoms with E-state index in [4.69, 9.17) is 52.4 Å². The number of para-hydroxylation sites is 1. The third-order valence-corrected chi connectivity index (χ3v) is 14.5. The minimum atomic E-state index is -1.69. The summed E-state index contributed by atoms with van der Waals surface area (Å²) in [6.45, 7) is 11.2. The van der Waals surface area contributed by atoms with Crippen molar-refractivity contribution < 1.29 is 37.5 Å². The second-order valence-electron chi connectivity index (χ2n) is 17.8. The first-order valence-electron chi connectivity index (χ1n) is 24.7. The predicted octanol–water partition coefficient (Wildman–Crippen LogP) is 9.48. The number of rotatable bonds is 27. The van der Waals surface area contributed by atoms with Crippen LogP contribution in [0.1, 0.15) is 69.0 Å². The van der Waals surface area contributed by atoms with Crippen LogP contribution >= 0.6 is 8.53 Å². The number of hydrogen-bond donors (Lipinski definition) is 3. The van der Waals surface area contributed by atoms with Crippen LogP contribution in [0.2, 0.25) is 0 Å². The maximum absolute atomic E-state index is 9.60. The van der Waals surface area contributed by atoms with Gasteiger partial charge in [0.2, 0.25) is 0 Å². The first-order chi connectivity index (χ1) is 35.6. The molecular formula is C55H70N9O8P. The van der Waals surface area contributed by atoms with Crippen molar-refractivity contribution in [3.8, 4) is 17.6 Å². The number of nitriles is 1. The molecule has 1 fully saturated rings. The Morgan fingerprint density at radius 2 is 1.40 bits per heavy atom. The Morgan fingerprint density at radius 1 is 0.808 bits per heavy atom. The normalized spacial score (nSPS) is 16.2. The van der Waals surface area contributed by atoms with Crippen LogP contribution in [0.25, 0.3) is 11.0 Å². The molecule has 4 aromatic carbocycles. The average molecular weight is 1020 g/mol. The van der Waals surface area contributed by atoms with Crippen molar-refractivity contribution in [3.05, 3.63) is 144 Å². The van der Waals surface area contributed by atoms with E-state index in [0.717, 1.165) is 44.8 Å². The summed E-state index contributed by atoms with van der Waals surface area (Å²) in [4.78, 5) is 14.8. The molecule has 3 heterocycles. The lowest BCUT2D eigenvalue weighted by Crippen LogP contribution is -2.40. The van der Waals surface area contributed by atoms with Crippen molar-refractivity contribution >= 4 is 37.0 Å². The van der Waals surface area contributed by atoms with E-state index in [1.165, 1.54) is 0 Å². The second-order valence-corrected chi connectivity index (χ2v) is 19.3. The fourth-order valence-corrected chi connectivity index (χ4v) is 10.7. The summed E-state index contributed by atoms with van der Waals surface area (Å²) in [6.07, 6.45) is 2.46. The highest BCUT2D eigenvalue weighted by Crippen LogP contribution is 2.51. The van der Waals surface area contributed by atoms with Gasteiger partial charge in [-0.05, 0) is 80.8 Å². The van der Waals surface area contributed by atoms with E-state index in [-0.39, 0.29) is 38.3 Å². The lowest BCUT2D eigenvalue weighted by Gasteiger charge is -2.39. The molecule has 0 saturated carbocycles. The molecule has 0 spiro atoms. The molecule has 0 amide bonds. The largest absolute Gasteiger partial charge is 0.497 e. The summed E-state index contributed by atoms with van der Waals surface area (Å²) in [7, 11) is 4.96. The SMILES string of the molecule is COCCNC(=NCc1cn(C2CC(OP(OCCC#N)N(C(C)C)C(C)C)C(COC(c3ccccc3)(c3ccc(OC)cc3)c3ccc(OC)cc3)O2)c2ncnc(Nc3ccccc3)c12)NCCOC. The van der Waals surface area contributed by atoms with Gasteiger partial charge in [0.1, 0.15) is 47.2 Å². The van der Waals surface area contributed by atoms with Gasteiger partial charge in [-0.2, -0.15) is 5.26 Å². The molecule has 2 aromatic heterocycles. The van der Waals surface area contributed by atoms with Crippen molar-refractivity contribution in [1.29, 1.82) is 5.26 Å². The number of benzene rings is 4. The van der Waals surface area contributed by atoms with Crippen LogP contribution < -0.4 is 25.4 Å². The van der Waals surface area contributed by atoms with Crippen LogP contribution in [0.5, 0.6) is 11.5 Å². The molecule has 4 unspecified atom stereocenters. The van der Waals surface area contributed by atoms with E-state index in [2.05, 4.69) is 77.3 Å². The predicted molar refractivity (Wildman–Crippen MR) is 285 cm³/mol. The molecule has 4 atom stereocenters. The molecule has 73 heavy (non-hydrogen) atoms. The van der Waals surface area contributed by atoms with E-state index >= 15 is 0 Å². The van der Waals surface area contributed by atoms with Crippen molar-refractivity contribution in [3.63, 3.8) is 0 Å². The quantitative estimate of drug-likeness (QED) is 0.0146. The van der Waals surface area contributed by atoms with Gasteiger partial charge in [-0.15, -0.1) is 0 Å². The third kappa shape index (κ3) is 13.7. The molecule has 388 valence electrons. The number of nitrogens with one attached hydrogen (secondary N) is 3. The summed E-state index contributed by atoms with van der Waals surface area (Å²) in [5.74, 6) is 2.66. The zero-order valence-corrected chi connectivity index (χ0v) is 44.1. The van der Waals surface area contributed by atoms with Gasteiger partial charge in [0, 0.05) is 63.3 Å². The topological polar surface area (TPSA) is 180 Å². The Kier molecular flexibility index (Phi) is 20.3. The minimum absolute atomic E-state index is 0.0681. The van der Waals surface area contributed by atoms with Crippen molar-refractivity contribution in [2.24, 2.45) is 4.99 Å². The number of methoxy groups -OCH3 is 4. The fraction of sp³-hybridized carbons (Fsp3) is 0.418. The molecule has 1 saturated heterocycles. The first kappa shape index (κ1) is 54.6. The van der Waals surface area contributed by atoms with Crippen LogP contribution in [0.15, 0.2) is 127 Å². The second kappa shape index (κ2) is 27.2. The highest BCUT2D eigenvalue weighted by Gasteiger charge is 2.45. The number of aromatic nitrogens is 3. The van der Waals surface area contributed by atoms with E-state index in [0.29, 0.717) is 50.1 Å². The summed E-state index contributed by atoms with van der Waals surface area (Å²) in [5.41, 5.74) is 3.93. The van der Waals surface area contributed by atoms with Crippen LogP contribution in [0.4, 0.5) is 11.5 Å². The van der Waals surface area contributed by atoms with Crippen LogP contribution in [-0.4, -0.2) is 117 Å². The lowest BCUT2D eigenvalue weighted by atomic mass is 9.80. The molecule has 0 bridgehead atoms. The maximum atomic E-state index is 9.60. The number of guanidine groups is 1. The van der Waals surface area contributed by atoms with Gasteiger partial charge in [-0.1, -0.05) is 72.8 Å². The van der Waals surface area contributed by atoms with Gasteiger partial charge in [0.05, 0.1) is 71.2 Å². The zero-order chi connectivity index (χ0) is 51.6. The van der Waals surface area contributed by atoms with Gasteiger partial charge < -0.3 is 58.0 Å².